The third kappa shape index (κ3) is 2.03. The summed E-state index contributed by atoms with van der Waals surface area (Å²) in [6.45, 7) is 0. The van der Waals surface area contributed by atoms with Crippen LogP contribution in [0.4, 0.5) is 18.9 Å². The van der Waals surface area contributed by atoms with Gasteiger partial charge < -0.3 is 0 Å². The lowest BCUT2D eigenvalue weighted by Crippen LogP contribution is -1.96. The fourth-order valence-corrected chi connectivity index (χ4v) is 1.35. The van der Waals surface area contributed by atoms with Gasteiger partial charge in [-0.25, -0.2) is 8.78 Å². The third-order valence-electron chi connectivity index (χ3n) is 1.50. The van der Waals surface area contributed by atoms with Gasteiger partial charge in [0.15, 0.2) is 0 Å². The molecule has 0 aliphatic rings. The van der Waals surface area contributed by atoms with Crippen LogP contribution in [0.25, 0.3) is 0 Å². The number of halogens is 4. The highest BCUT2D eigenvalue weighted by molar-refractivity contribution is 9.10. The summed E-state index contributed by atoms with van der Waals surface area (Å²) in [4.78, 5) is 9.17. The minimum atomic E-state index is -2.89. The normalized spacial score (nSPS) is 10.6. The smallest absolute Gasteiger partial charge is 0.258 e. The van der Waals surface area contributed by atoms with E-state index in [0.29, 0.717) is 12.1 Å². The molecular weight excluding hydrogens is 267 g/mol. The Labute approximate surface area is 84.8 Å². The van der Waals surface area contributed by atoms with Crippen molar-refractivity contribution in [3.63, 3.8) is 0 Å². The summed E-state index contributed by atoms with van der Waals surface area (Å²) < 4.78 is 37.1. The number of nitro groups is 1. The lowest BCUT2D eigenvalue weighted by Gasteiger charge is -2.03. The Balaban J connectivity index is 3.34. The van der Waals surface area contributed by atoms with Gasteiger partial charge in [-0.15, -0.1) is 0 Å². The van der Waals surface area contributed by atoms with Crippen LogP contribution >= 0.6 is 15.9 Å². The molecule has 14 heavy (non-hydrogen) atoms. The molecule has 1 aromatic carbocycles. The molecule has 0 fully saturated rings. The zero-order valence-electron chi connectivity index (χ0n) is 6.51. The number of benzene rings is 1. The minimum Gasteiger partial charge on any atom is -0.258 e. The summed E-state index contributed by atoms with van der Waals surface area (Å²) in [5.41, 5.74) is -1.55. The first kappa shape index (κ1) is 11.0. The number of nitro benzene ring substituents is 1. The quantitative estimate of drug-likeness (QED) is 0.610. The SMILES string of the molecule is O=[N+]([O-])c1cc(C(F)F)c(Br)cc1F. The van der Waals surface area contributed by atoms with Crippen LogP contribution in [-0.4, -0.2) is 4.92 Å². The second-order valence-corrected chi connectivity index (χ2v) is 3.24. The molecule has 76 valence electrons. The lowest BCUT2D eigenvalue weighted by molar-refractivity contribution is -0.387. The van der Waals surface area contributed by atoms with Gasteiger partial charge in [-0.05, 0) is 6.07 Å². The highest BCUT2D eigenvalue weighted by atomic mass is 79.9. The largest absolute Gasteiger partial charge is 0.305 e. The molecule has 0 aliphatic carbocycles. The number of hydrogen-bond donors (Lipinski definition) is 0. The molecule has 0 unspecified atom stereocenters. The molecule has 7 heteroatoms. The van der Waals surface area contributed by atoms with Crippen molar-refractivity contribution in [1.82, 2.24) is 0 Å². The summed E-state index contributed by atoms with van der Waals surface area (Å²) in [7, 11) is 0. The molecular formula is C7H3BrF3NO2. The van der Waals surface area contributed by atoms with Gasteiger partial charge in [-0.3, -0.25) is 10.1 Å². The summed E-state index contributed by atoms with van der Waals surface area (Å²) in [5.74, 6) is -1.15. The van der Waals surface area contributed by atoms with E-state index in [9.17, 15) is 23.3 Å². The fraction of sp³-hybridized carbons (Fsp3) is 0.143. The van der Waals surface area contributed by atoms with Crippen molar-refractivity contribution in [2.24, 2.45) is 0 Å². The predicted octanol–water partition coefficient (Wildman–Crippen LogP) is 3.43. The second-order valence-electron chi connectivity index (χ2n) is 2.38. The van der Waals surface area contributed by atoms with E-state index in [1.165, 1.54) is 0 Å². The van der Waals surface area contributed by atoms with Crippen molar-refractivity contribution in [1.29, 1.82) is 0 Å². The summed E-state index contributed by atoms with van der Waals surface area (Å²) in [6, 6.07) is 1.17. The lowest BCUT2D eigenvalue weighted by atomic mass is 10.2. The van der Waals surface area contributed by atoms with E-state index in [1.807, 2.05) is 0 Å². The molecule has 0 spiro atoms. The van der Waals surface area contributed by atoms with Crippen LogP contribution in [0.5, 0.6) is 0 Å². The van der Waals surface area contributed by atoms with Gasteiger partial charge in [-0.1, -0.05) is 15.9 Å². The standard InChI is InChI=1S/C7H3BrF3NO2/c8-4-2-5(9)6(12(13)14)1-3(4)7(10)11/h1-2,7H. The van der Waals surface area contributed by atoms with Crippen molar-refractivity contribution in [3.05, 3.63) is 38.1 Å². The van der Waals surface area contributed by atoms with Gasteiger partial charge in [0, 0.05) is 16.1 Å². The Kier molecular flexibility index (Phi) is 3.10. The van der Waals surface area contributed by atoms with Crippen LogP contribution in [0.2, 0.25) is 0 Å². The highest BCUT2D eigenvalue weighted by Crippen LogP contribution is 2.32. The molecule has 1 aromatic rings. The van der Waals surface area contributed by atoms with Crippen LogP contribution in [0.15, 0.2) is 16.6 Å². The van der Waals surface area contributed by atoms with Crippen molar-refractivity contribution in [3.8, 4) is 0 Å². The van der Waals surface area contributed by atoms with Gasteiger partial charge >= 0.3 is 5.69 Å². The number of rotatable bonds is 2. The average Bonchev–Trinajstić information content (AvgIpc) is 2.02. The minimum absolute atomic E-state index is 0.185. The number of nitrogens with zero attached hydrogens (tertiary/aromatic N) is 1. The number of alkyl halides is 2. The van der Waals surface area contributed by atoms with Gasteiger partial charge in [0.25, 0.3) is 6.43 Å². The predicted molar refractivity (Wildman–Crippen MR) is 45.7 cm³/mol. The average molecular weight is 270 g/mol. The van der Waals surface area contributed by atoms with Gasteiger partial charge in [0.1, 0.15) is 0 Å². The maximum absolute atomic E-state index is 12.8. The Morgan fingerprint density at radius 1 is 1.43 bits per heavy atom. The molecule has 3 nitrogen and oxygen atoms in total. The van der Waals surface area contributed by atoms with E-state index >= 15 is 0 Å². The van der Waals surface area contributed by atoms with Crippen LogP contribution < -0.4 is 0 Å². The summed E-state index contributed by atoms with van der Waals surface area (Å²) in [5, 5.41) is 10.2. The van der Waals surface area contributed by atoms with E-state index in [1.54, 1.807) is 0 Å². The monoisotopic (exact) mass is 269 g/mol. The zero-order valence-corrected chi connectivity index (χ0v) is 8.09. The van der Waals surface area contributed by atoms with E-state index in [4.69, 9.17) is 0 Å². The Bertz CT molecular complexity index is 383. The van der Waals surface area contributed by atoms with Crippen LogP contribution in [0, 0.1) is 15.9 Å². The van der Waals surface area contributed by atoms with Crippen molar-refractivity contribution in [2.45, 2.75) is 6.43 Å². The van der Waals surface area contributed by atoms with Crippen LogP contribution in [0.3, 0.4) is 0 Å². The zero-order chi connectivity index (χ0) is 10.9. The third-order valence-corrected chi connectivity index (χ3v) is 2.18. The summed E-state index contributed by atoms with van der Waals surface area (Å²) in [6.07, 6.45) is -2.89. The maximum Gasteiger partial charge on any atom is 0.305 e. The molecule has 0 aromatic heterocycles. The Morgan fingerprint density at radius 3 is 2.43 bits per heavy atom. The topological polar surface area (TPSA) is 43.1 Å². The van der Waals surface area contributed by atoms with Crippen molar-refractivity contribution < 1.29 is 18.1 Å². The molecule has 0 aliphatic heterocycles. The number of hydrogen-bond acceptors (Lipinski definition) is 2. The van der Waals surface area contributed by atoms with Gasteiger partial charge in [0.2, 0.25) is 5.82 Å². The first-order valence-corrected chi connectivity index (χ1v) is 4.14. The molecule has 0 radical (unpaired) electrons. The Morgan fingerprint density at radius 2 is 2.00 bits per heavy atom. The summed E-state index contributed by atoms with van der Waals surface area (Å²) >= 11 is 2.69. The van der Waals surface area contributed by atoms with Crippen molar-refractivity contribution in [2.75, 3.05) is 0 Å². The van der Waals surface area contributed by atoms with E-state index in [0.717, 1.165) is 0 Å². The second kappa shape index (κ2) is 3.95. The van der Waals surface area contributed by atoms with Crippen molar-refractivity contribution >= 4 is 21.6 Å². The first-order valence-electron chi connectivity index (χ1n) is 3.35. The molecule has 0 atom stereocenters. The van der Waals surface area contributed by atoms with Gasteiger partial charge in [0.05, 0.1) is 4.92 Å². The molecule has 0 heterocycles. The van der Waals surface area contributed by atoms with E-state index in [2.05, 4.69) is 15.9 Å². The molecule has 1 rings (SSSR count). The van der Waals surface area contributed by atoms with Crippen LogP contribution in [0.1, 0.15) is 12.0 Å². The molecule has 0 saturated heterocycles. The van der Waals surface area contributed by atoms with E-state index in [-0.39, 0.29) is 4.47 Å². The highest BCUT2D eigenvalue weighted by Gasteiger charge is 2.21. The molecule has 0 amide bonds. The Hall–Kier alpha value is -1.11. The molecule has 0 saturated carbocycles. The maximum atomic E-state index is 12.8. The first-order chi connectivity index (χ1) is 6.43. The van der Waals surface area contributed by atoms with Crippen LogP contribution in [-0.2, 0) is 0 Å². The molecule has 0 bridgehead atoms. The fourth-order valence-electron chi connectivity index (χ4n) is 0.861. The van der Waals surface area contributed by atoms with Gasteiger partial charge in [-0.2, -0.15) is 4.39 Å². The van der Waals surface area contributed by atoms with E-state index < -0.39 is 28.4 Å². The molecule has 0 N–H and O–H groups in total.